The molecule has 1 aliphatic rings. The first-order valence-corrected chi connectivity index (χ1v) is 37.6. The Morgan fingerprint density at radius 1 is 0.204 bits per heavy atom. The van der Waals surface area contributed by atoms with Crippen LogP contribution >= 0.6 is 11.3 Å². The molecule has 7 heteroatoms. The second kappa shape index (κ2) is 25.3. The third-order valence-corrected chi connectivity index (χ3v) is 23.4. The van der Waals surface area contributed by atoms with E-state index < -0.39 is 0 Å². The van der Waals surface area contributed by atoms with E-state index in [0.717, 1.165) is 50.1 Å². The highest BCUT2D eigenvalue weighted by atomic mass is 32.1. The van der Waals surface area contributed by atoms with Crippen LogP contribution in [0.2, 0.25) is 0 Å². The van der Waals surface area contributed by atoms with Crippen molar-refractivity contribution in [2.75, 3.05) is 0 Å². The molecule has 0 atom stereocenters. The predicted molar refractivity (Wildman–Crippen MR) is 454 cm³/mol. The summed E-state index contributed by atoms with van der Waals surface area (Å²) in [4.78, 5) is 30.8. The summed E-state index contributed by atoms with van der Waals surface area (Å²) in [7, 11) is 0. The molecule has 18 aromatic carbocycles. The quantitative estimate of drug-likeness (QED) is 0.141. The Balaban J connectivity index is 0.000000138. The zero-order valence-electron chi connectivity index (χ0n) is 59.1. The second-order valence-corrected chi connectivity index (χ2v) is 29.8. The molecular weight excluding hydrogens is 1330 g/mol. The van der Waals surface area contributed by atoms with Gasteiger partial charge in [0, 0.05) is 59.0 Å². The SMILES string of the molecule is CC1(C)c2ccccc2-c2ccc(-c3nc(-c4ccccc4)nc(-c4cccc(-c5cc6ccc7ccccc7c6c6ccc7ccccc7c56)c4)n3)cc21.c1ccc(-c2nc(-c3cccc(-c4ccc5c(ccc6c5ccc5ccc7ccccc7c56)c4)c3)nc(-c3cccc4c3sc3ccccc34)n2)cc1. The van der Waals surface area contributed by atoms with Gasteiger partial charge in [-0.1, -0.05) is 323 Å². The van der Waals surface area contributed by atoms with Crippen molar-refractivity contribution in [2.45, 2.75) is 19.3 Å². The maximum Gasteiger partial charge on any atom is 0.165 e. The van der Waals surface area contributed by atoms with Crippen molar-refractivity contribution in [3.8, 4) is 102 Å². The van der Waals surface area contributed by atoms with Gasteiger partial charge in [-0.15, -0.1) is 11.3 Å². The number of aromatic nitrogens is 6. The van der Waals surface area contributed by atoms with Gasteiger partial charge in [0.1, 0.15) is 0 Å². The smallest absolute Gasteiger partial charge is 0.165 e. The second-order valence-electron chi connectivity index (χ2n) is 28.8. The molecule has 0 amide bonds. The molecular formula is C101H64N6S. The lowest BCUT2D eigenvalue weighted by atomic mass is 9.82. The minimum atomic E-state index is -0.131. The van der Waals surface area contributed by atoms with Gasteiger partial charge in [0.2, 0.25) is 0 Å². The van der Waals surface area contributed by atoms with Gasteiger partial charge in [-0.2, -0.15) is 0 Å². The summed E-state index contributed by atoms with van der Waals surface area (Å²) in [6.07, 6.45) is 0. The molecule has 1 aliphatic carbocycles. The van der Waals surface area contributed by atoms with Gasteiger partial charge < -0.3 is 0 Å². The fourth-order valence-electron chi connectivity index (χ4n) is 16.9. The summed E-state index contributed by atoms with van der Waals surface area (Å²) in [5, 5.41) is 22.6. The Bertz CT molecular complexity index is 7290. The van der Waals surface area contributed by atoms with E-state index in [2.05, 4.69) is 329 Å². The maximum absolute atomic E-state index is 5.23. The predicted octanol–water partition coefficient (Wildman–Crippen LogP) is 27.0. The standard InChI is InChI=1S/C52H35N3.C49H29N3S/c1-52(2)45-22-11-10-21-41(45)42-27-26-38(31-46(42)52)51-54-49(34-15-4-3-5-16-34)53-50(55-51)37-18-12-17-35(29-37)44-30-36-24-23-32-13-6-8-19-39(32)47(36)43-28-25-33-14-7-9-20-40(33)48(43)44;1-2-11-32(12-3-1)47-50-48(52-49(51-47)43-18-9-17-42-40-16-6-7-19-44(40)53-46(42)43)36-14-8-13-33(29-36)34-23-25-37-35(28-34)24-27-41-39(37)26-22-31-21-20-30-10-4-5-15-38(30)45(31)41/h3-31H,1-2H3;1-29H. The largest absolute Gasteiger partial charge is 0.208 e. The molecule has 0 unspecified atom stereocenters. The maximum atomic E-state index is 5.23. The van der Waals surface area contributed by atoms with E-state index >= 15 is 0 Å². The van der Waals surface area contributed by atoms with Crippen molar-refractivity contribution >= 4 is 118 Å². The average Bonchev–Trinajstić information content (AvgIpc) is 0.752. The first-order valence-electron chi connectivity index (χ1n) is 36.8. The molecule has 3 aromatic heterocycles. The van der Waals surface area contributed by atoms with E-state index in [1.165, 1.54) is 134 Å². The molecule has 0 fully saturated rings. The fourth-order valence-corrected chi connectivity index (χ4v) is 18.1. The van der Waals surface area contributed by atoms with Gasteiger partial charge in [0.15, 0.2) is 34.9 Å². The molecule has 6 nitrogen and oxygen atoms in total. The van der Waals surface area contributed by atoms with Crippen molar-refractivity contribution in [1.82, 2.24) is 29.9 Å². The minimum Gasteiger partial charge on any atom is -0.208 e. The number of nitrogens with zero attached hydrogens (tertiary/aromatic N) is 6. The van der Waals surface area contributed by atoms with Gasteiger partial charge in [-0.3, -0.25) is 0 Å². The van der Waals surface area contributed by atoms with Crippen LogP contribution in [0.4, 0.5) is 0 Å². The van der Waals surface area contributed by atoms with E-state index in [-0.39, 0.29) is 5.41 Å². The molecule has 0 radical (unpaired) electrons. The lowest BCUT2D eigenvalue weighted by Gasteiger charge is -2.21. The van der Waals surface area contributed by atoms with Crippen molar-refractivity contribution in [3.63, 3.8) is 0 Å². The summed E-state index contributed by atoms with van der Waals surface area (Å²) < 4.78 is 2.44. The molecule has 504 valence electrons. The Morgan fingerprint density at radius 3 is 1.32 bits per heavy atom. The summed E-state index contributed by atoms with van der Waals surface area (Å²) in [5.74, 6) is 3.96. The lowest BCUT2D eigenvalue weighted by Crippen LogP contribution is -2.15. The number of rotatable bonds is 8. The third-order valence-electron chi connectivity index (χ3n) is 22.2. The van der Waals surface area contributed by atoms with Crippen LogP contribution in [0.15, 0.2) is 352 Å². The van der Waals surface area contributed by atoms with Gasteiger partial charge in [0.05, 0.1) is 0 Å². The van der Waals surface area contributed by atoms with Crippen LogP contribution < -0.4 is 0 Å². The number of benzene rings is 18. The van der Waals surface area contributed by atoms with Crippen LogP contribution in [0, 0.1) is 0 Å². The molecule has 0 aliphatic heterocycles. The number of fused-ring (bicyclic) bond motifs is 20. The fraction of sp³-hybridized carbons (Fsp3) is 0.0297. The van der Waals surface area contributed by atoms with E-state index in [9.17, 15) is 0 Å². The van der Waals surface area contributed by atoms with E-state index in [1.54, 1.807) is 11.3 Å². The highest BCUT2D eigenvalue weighted by Gasteiger charge is 2.36. The molecule has 0 saturated carbocycles. The Morgan fingerprint density at radius 2 is 0.630 bits per heavy atom. The van der Waals surface area contributed by atoms with Gasteiger partial charge in [-0.25, -0.2) is 29.9 Å². The highest BCUT2D eigenvalue weighted by molar-refractivity contribution is 7.26. The zero-order valence-corrected chi connectivity index (χ0v) is 59.9. The summed E-state index contributed by atoms with van der Waals surface area (Å²) >= 11 is 1.79. The first-order chi connectivity index (χ1) is 53.3. The Kier molecular flexibility index (Phi) is 14.7. The van der Waals surface area contributed by atoms with Crippen molar-refractivity contribution in [3.05, 3.63) is 363 Å². The van der Waals surface area contributed by atoms with Crippen molar-refractivity contribution in [1.29, 1.82) is 0 Å². The molecule has 108 heavy (non-hydrogen) atoms. The highest BCUT2D eigenvalue weighted by Crippen LogP contribution is 2.50. The van der Waals surface area contributed by atoms with E-state index in [0.29, 0.717) is 34.9 Å². The zero-order chi connectivity index (χ0) is 71.6. The van der Waals surface area contributed by atoms with Gasteiger partial charge >= 0.3 is 0 Å². The lowest BCUT2D eigenvalue weighted by molar-refractivity contribution is 0.660. The average molecular weight is 1390 g/mol. The van der Waals surface area contributed by atoms with Crippen LogP contribution in [0.3, 0.4) is 0 Å². The van der Waals surface area contributed by atoms with E-state index in [1.807, 2.05) is 36.4 Å². The van der Waals surface area contributed by atoms with Crippen LogP contribution in [-0.4, -0.2) is 29.9 Å². The normalized spacial score (nSPS) is 12.4. The molecule has 0 spiro atoms. The summed E-state index contributed by atoms with van der Waals surface area (Å²) in [5.41, 5.74) is 15.5. The third kappa shape index (κ3) is 10.5. The minimum absolute atomic E-state index is 0.131. The number of hydrogen-bond donors (Lipinski definition) is 0. The monoisotopic (exact) mass is 1390 g/mol. The van der Waals surface area contributed by atoms with Gasteiger partial charge in [0.25, 0.3) is 0 Å². The summed E-state index contributed by atoms with van der Waals surface area (Å²) in [6.45, 7) is 4.62. The van der Waals surface area contributed by atoms with Crippen molar-refractivity contribution in [2.24, 2.45) is 0 Å². The van der Waals surface area contributed by atoms with Crippen molar-refractivity contribution < 1.29 is 0 Å². The number of thiophene rings is 1. The molecule has 0 bridgehead atoms. The topological polar surface area (TPSA) is 77.3 Å². The molecule has 0 N–H and O–H groups in total. The molecule has 3 heterocycles. The van der Waals surface area contributed by atoms with Crippen LogP contribution in [0.5, 0.6) is 0 Å². The Labute approximate surface area is 627 Å². The van der Waals surface area contributed by atoms with Crippen LogP contribution in [0.1, 0.15) is 25.0 Å². The van der Waals surface area contributed by atoms with Gasteiger partial charge in [-0.05, 0) is 173 Å². The molecule has 0 saturated heterocycles. The summed E-state index contributed by atoms with van der Waals surface area (Å²) in [6, 6.07) is 126. The Hall–Kier alpha value is -13.7. The number of hydrogen-bond acceptors (Lipinski definition) is 7. The van der Waals surface area contributed by atoms with Crippen LogP contribution in [-0.2, 0) is 5.41 Å². The molecule has 21 aromatic rings. The van der Waals surface area contributed by atoms with E-state index in [4.69, 9.17) is 29.9 Å². The molecule has 22 rings (SSSR count). The first kappa shape index (κ1) is 62.8. The van der Waals surface area contributed by atoms with Crippen LogP contribution in [0.25, 0.3) is 208 Å².